The Bertz CT molecular complexity index is 868. The van der Waals surface area contributed by atoms with Crippen LogP contribution < -0.4 is 0 Å². The van der Waals surface area contributed by atoms with Gasteiger partial charge in [0.15, 0.2) is 0 Å². The molecule has 1 aliphatic rings. The van der Waals surface area contributed by atoms with Crippen molar-refractivity contribution in [2.24, 2.45) is 10.2 Å². The lowest BCUT2D eigenvalue weighted by Crippen LogP contribution is -2.12. The van der Waals surface area contributed by atoms with Crippen molar-refractivity contribution in [2.75, 3.05) is 0 Å². The number of nitrogens with zero attached hydrogens (tertiary/aromatic N) is 2. The first-order valence-electron chi connectivity index (χ1n) is 8.75. The summed E-state index contributed by atoms with van der Waals surface area (Å²) >= 11 is 0. The van der Waals surface area contributed by atoms with Crippen LogP contribution in [0.2, 0.25) is 0 Å². The lowest BCUT2D eigenvalue weighted by atomic mass is 9.90. The quantitative estimate of drug-likeness (QED) is 0.463. The van der Waals surface area contributed by atoms with Gasteiger partial charge in [0.1, 0.15) is 5.71 Å². The van der Waals surface area contributed by atoms with Gasteiger partial charge in [-0.3, -0.25) is 0 Å². The fourth-order valence-electron chi connectivity index (χ4n) is 3.29. The van der Waals surface area contributed by atoms with Crippen molar-refractivity contribution in [1.82, 2.24) is 0 Å². The van der Waals surface area contributed by atoms with E-state index in [0.717, 1.165) is 41.8 Å². The maximum atomic E-state index is 4.69. The molecule has 122 valence electrons. The van der Waals surface area contributed by atoms with Gasteiger partial charge in [-0.15, -0.1) is 5.10 Å². The molecule has 0 unspecified atom stereocenters. The van der Waals surface area contributed by atoms with Crippen LogP contribution in [0.4, 0.5) is 0 Å². The first-order chi connectivity index (χ1) is 12.4. The van der Waals surface area contributed by atoms with Crippen LogP contribution in [0, 0.1) is 0 Å². The van der Waals surface area contributed by atoms with Crippen molar-refractivity contribution in [1.29, 1.82) is 0 Å². The van der Waals surface area contributed by atoms with Gasteiger partial charge in [0.05, 0.1) is 5.71 Å². The van der Waals surface area contributed by atoms with Gasteiger partial charge in [0, 0.05) is 16.7 Å². The highest BCUT2D eigenvalue weighted by molar-refractivity contribution is 6.13. The molecule has 0 N–H and O–H groups in total. The molecule has 25 heavy (non-hydrogen) atoms. The summed E-state index contributed by atoms with van der Waals surface area (Å²) in [6, 6.07) is 29.1. The molecule has 0 aromatic heterocycles. The van der Waals surface area contributed by atoms with Gasteiger partial charge in [-0.25, -0.2) is 0 Å². The third-order valence-corrected chi connectivity index (χ3v) is 4.55. The predicted molar refractivity (Wildman–Crippen MR) is 104 cm³/mol. The molecular formula is C23H20N2. The molecule has 0 saturated carbocycles. The molecule has 0 radical (unpaired) electrons. The SMILES string of the molecule is c1ccc(C(=NN=C2CCCc3ccccc32)c2ccccc2)cc1. The molecule has 0 amide bonds. The largest absolute Gasteiger partial charge is 0.154 e. The van der Waals surface area contributed by atoms with Gasteiger partial charge in [-0.2, -0.15) is 5.10 Å². The smallest absolute Gasteiger partial charge is 0.100 e. The molecule has 1 aliphatic carbocycles. The molecule has 3 aromatic rings. The number of hydrogen-bond acceptors (Lipinski definition) is 2. The standard InChI is InChI=1S/C23H20N2/c1-3-11-19(12-4-1)23(20-13-5-2-6-14-20)25-24-22-17-9-15-18-10-7-8-16-21(18)22/h1-8,10-14,16H,9,15,17H2. The minimum absolute atomic E-state index is 0.914. The average Bonchev–Trinajstić information content (AvgIpc) is 2.70. The third-order valence-electron chi connectivity index (χ3n) is 4.55. The Hall–Kier alpha value is -3.00. The van der Waals surface area contributed by atoms with E-state index in [-0.39, 0.29) is 0 Å². The topological polar surface area (TPSA) is 24.7 Å². The first-order valence-corrected chi connectivity index (χ1v) is 8.75. The Kier molecular flexibility index (Phi) is 4.51. The molecule has 0 atom stereocenters. The molecule has 0 bridgehead atoms. The Balaban J connectivity index is 1.79. The van der Waals surface area contributed by atoms with Gasteiger partial charge in [-0.05, 0) is 24.8 Å². The van der Waals surface area contributed by atoms with Crippen LogP contribution in [0.15, 0.2) is 95.1 Å². The van der Waals surface area contributed by atoms with Crippen molar-refractivity contribution in [3.8, 4) is 0 Å². The fourth-order valence-corrected chi connectivity index (χ4v) is 3.29. The van der Waals surface area contributed by atoms with Crippen LogP contribution in [-0.2, 0) is 6.42 Å². The summed E-state index contributed by atoms with van der Waals surface area (Å²) in [4.78, 5) is 0. The minimum Gasteiger partial charge on any atom is -0.154 e. The molecule has 0 fully saturated rings. The van der Waals surface area contributed by atoms with Gasteiger partial charge >= 0.3 is 0 Å². The highest BCUT2D eigenvalue weighted by Gasteiger charge is 2.15. The summed E-state index contributed by atoms with van der Waals surface area (Å²) in [5.41, 5.74) is 6.80. The maximum Gasteiger partial charge on any atom is 0.100 e. The van der Waals surface area contributed by atoms with E-state index in [1.807, 2.05) is 36.4 Å². The molecule has 0 aliphatic heterocycles. The molecule has 3 aromatic carbocycles. The van der Waals surface area contributed by atoms with Gasteiger partial charge in [0.25, 0.3) is 0 Å². The number of fused-ring (bicyclic) bond motifs is 1. The summed E-state index contributed by atoms with van der Waals surface area (Å²) in [5, 5.41) is 9.37. The van der Waals surface area contributed by atoms with Crippen LogP contribution >= 0.6 is 0 Å². The summed E-state index contributed by atoms with van der Waals surface area (Å²) in [5.74, 6) is 0. The van der Waals surface area contributed by atoms with Crippen molar-refractivity contribution in [3.63, 3.8) is 0 Å². The summed E-state index contributed by atoms with van der Waals surface area (Å²) in [7, 11) is 0. The van der Waals surface area contributed by atoms with Crippen LogP contribution in [0.5, 0.6) is 0 Å². The fraction of sp³-hybridized carbons (Fsp3) is 0.130. The summed E-state index contributed by atoms with van der Waals surface area (Å²) < 4.78 is 0. The number of benzene rings is 3. The minimum atomic E-state index is 0.914. The van der Waals surface area contributed by atoms with E-state index >= 15 is 0 Å². The van der Waals surface area contributed by atoms with E-state index in [1.54, 1.807) is 0 Å². The Morgan fingerprint density at radius 1 is 0.640 bits per heavy atom. The van der Waals surface area contributed by atoms with Gasteiger partial charge < -0.3 is 0 Å². The molecule has 0 saturated heterocycles. The van der Waals surface area contributed by atoms with Crippen molar-refractivity contribution < 1.29 is 0 Å². The van der Waals surface area contributed by atoms with E-state index < -0.39 is 0 Å². The first kappa shape index (κ1) is 15.5. The van der Waals surface area contributed by atoms with Gasteiger partial charge in [-0.1, -0.05) is 84.9 Å². The second kappa shape index (κ2) is 7.27. The number of aryl methyl sites for hydroxylation is 1. The second-order valence-electron chi connectivity index (χ2n) is 6.24. The summed E-state index contributed by atoms with van der Waals surface area (Å²) in [6.07, 6.45) is 3.25. The number of hydrogen-bond donors (Lipinski definition) is 0. The molecule has 2 heteroatoms. The van der Waals surface area contributed by atoms with E-state index in [4.69, 9.17) is 5.10 Å². The van der Waals surface area contributed by atoms with E-state index in [2.05, 4.69) is 53.6 Å². The Morgan fingerprint density at radius 3 is 1.92 bits per heavy atom. The molecule has 2 nitrogen and oxygen atoms in total. The van der Waals surface area contributed by atoms with Crippen molar-refractivity contribution in [2.45, 2.75) is 19.3 Å². The zero-order valence-corrected chi connectivity index (χ0v) is 14.1. The maximum absolute atomic E-state index is 4.69. The van der Waals surface area contributed by atoms with Crippen LogP contribution in [0.3, 0.4) is 0 Å². The van der Waals surface area contributed by atoms with Crippen LogP contribution in [-0.4, -0.2) is 11.4 Å². The predicted octanol–water partition coefficient (Wildman–Crippen LogP) is 5.26. The van der Waals surface area contributed by atoms with E-state index in [9.17, 15) is 0 Å². The molecule has 0 heterocycles. The molecular weight excluding hydrogens is 304 g/mol. The average molecular weight is 324 g/mol. The lowest BCUT2D eigenvalue weighted by molar-refractivity contribution is 0.835. The molecule has 0 spiro atoms. The normalized spacial score (nSPS) is 14.8. The number of rotatable bonds is 3. The Morgan fingerprint density at radius 2 is 1.24 bits per heavy atom. The molecule has 4 rings (SSSR count). The van der Waals surface area contributed by atoms with Crippen molar-refractivity contribution >= 4 is 11.4 Å². The van der Waals surface area contributed by atoms with E-state index in [0.29, 0.717) is 0 Å². The highest BCUT2D eigenvalue weighted by Crippen LogP contribution is 2.22. The summed E-state index contributed by atoms with van der Waals surface area (Å²) in [6.45, 7) is 0. The monoisotopic (exact) mass is 324 g/mol. The van der Waals surface area contributed by atoms with E-state index in [1.165, 1.54) is 11.1 Å². The third kappa shape index (κ3) is 3.43. The van der Waals surface area contributed by atoms with Crippen molar-refractivity contribution in [3.05, 3.63) is 107 Å². The lowest BCUT2D eigenvalue weighted by Gasteiger charge is -2.16. The van der Waals surface area contributed by atoms with Crippen LogP contribution in [0.1, 0.15) is 35.1 Å². The zero-order chi connectivity index (χ0) is 16.9. The highest BCUT2D eigenvalue weighted by atomic mass is 15.2. The second-order valence-corrected chi connectivity index (χ2v) is 6.24. The van der Waals surface area contributed by atoms with Gasteiger partial charge in [0.2, 0.25) is 0 Å². The van der Waals surface area contributed by atoms with Crippen LogP contribution in [0.25, 0.3) is 0 Å². The zero-order valence-electron chi connectivity index (χ0n) is 14.1. The Labute approximate surface area is 148 Å².